The Hall–Kier alpha value is -4.26. The largest absolute Gasteiger partial charge is 0.322 e. The molecule has 0 aliphatic heterocycles. The highest BCUT2D eigenvalue weighted by atomic mass is 16.2. The predicted molar refractivity (Wildman–Crippen MR) is 127 cm³/mol. The van der Waals surface area contributed by atoms with Crippen molar-refractivity contribution in [2.24, 2.45) is 0 Å². The molecular formula is C26H23N5O2. The first-order valence-electron chi connectivity index (χ1n) is 10.9. The van der Waals surface area contributed by atoms with Crippen molar-refractivity contribution in [2.45, 2.75) is 25.7 Å². The van der Waals surface area contributed by atoms with Gasteiger partial charge in [-0.25, -0.2) is 4.68 Å². The number of aryl methyl sites for hydroxylation is 1. The van der Waals surface area contributed by atoms with Crippen LogP contribution in [0.15, 0.2) is 78.9 Å². The van der Waals surface area contributed by atoms with Crippen LogP contribution in [0.1, 0.15) is 50.9 Å². The summed E-state index contributed by atoms with van der Waals surface area (Å²) >= 11 is 0. The molecule has 4 aromatic rings. The van der Waals surface area contributed by atoms with Crippen molar-refractivity contribution in [1.82, 2.24) is 15.0 Å². The molecule has 5 rings (SSSR count). The molecule has 0 radical (unpaired) electrons. The van der Waals surface area contributed by atoms with Crippen molar-refractivity contribution in [3.05, 3.63) is 101 Å². The molecule has 1 heterocycles. The van der Waals surface area contributed by atoms with Crippen molar-refractivity contribution in [3.63, 3.8) is 0 Å². The van der Waals surface area contributed by atoms with Crippen LogP contribution in [-0.2, 0) is 0 Å². The molecule has 7 heteroatoms. The quantitative estimate of drug-likeness (QED) is 0.446. The lowest BCUT2D eigenvalue weighted by Gasteiger charge is -2.09. The third-order valence-corrected chi connectivity index (χ3v) is 5.60. The first-order chi connectivity index (χ1) is 16.1. The van der Waals surface area contributed by atoms with Crippen LogP contribution in [0, 0.1) is 6.92 Å². The van der Waals surface area contributed by atoms with Crippen molar-refractivity contribution in [1.29, 1.82) is 0 Å². The van der Waals surface area contributed by atoms with Crippen molar-refractivity contribution >= 4 is 23.2 Å². The molecule has 1 fully saturated rings. The summed E-state index contributed by atoms with van der Waals surface area (Å²) in [6.45, 7) is 2.03. The van der Waals surface area contributed by atoms with Gasteiger partial charge in [0.15, 0.2) is 5.69 Å². The Morgan fingerprint density at radius 3 is 2.12 bits per heavy atom. The van der Waals surface area contributed by atoms with Gasteiger partial charge in [-0.2, -0.15) is 0 Å². The van der Waals surface area contributed by atoms with E-state index >= 15 is 0 Å². The number of nitrogens with zero attached hydrogens (tertiary/aromatic N) is 3. The molecule has 1 saturated carbocycles. The van der Waals surface area contributed by atoms with E-state index in [4.69, 9.17) is 0 Å². The van der Waals surface area contributed by atoms with Crippen LogP contribution < -0.4 is 10.6 Å². The number of hydrogen-bond acceptors (Lipinski definition) is 4. The Kier molecular flexibility index (Phi) is 5.44. The van der Waals surface area contributed by atoms with Crippen LogP contribution in [-0.4, -0.2) is 26.8 Å². The molecule has 33 heavy (non-hydrogen) atoms. The molecule has 7 nitrogen and oxygen atoms in total. The predicted octanol–water partition coefficient (Wildman–Crippen LogP) is 4.96. The standard InChI is InChI=1S/C26H23N5O2/c1-17-7-15-22(16-8-17)31-24(18-9-10-18)23(29-30-31)26(33)28-21-13-11-19(12-14-21)25(32)27-20-5-3-2-4-6-20/h2-8,11-16,18H,9-10H2,1H3,(H,27,32)(H,28,33). The van der Waals surface area contributed by atoms with Crippen LogP contribution in [0.5, 0.6) is 0 Å². The van der Waals surface area contributed by atoms with E-state index in [1.807, 2.05) is 61.5 Å². The van der Waals surface area contributed by atoms with E-state index in [1.54, 1.807) is 28.9 Å². The number of carbonyl (C=O) groups is 2. The molecule has 164 valence electrons. The minimum Gasteiger partial charge on any atom is -0.322 e. The molecule has 0 spiro atoms. The number of rotatable bonds is 6. The number of carbonyl (C=O) groups excluding carboxylic acids is 2. The van der Waals surface area contributed by atoms with Gasteiger partial charge in [-0.15, -0.1) is 5.10 Å². The fourth-order valence-corrected chi connectivity index (χ4v) is 3.67. The number of nitrogens with one attached hydrogen (secondary N) is 2. The maximum absolute atomic E-state index is 13.0. The summed E-state index contributed by atoms with van der Waals surface area (Å²) < 4.78 is 1.77. The van der Waals surface area contributed by atoms with Crippen LogP contribution in [0.4, 0.5) is 11.4 Å². The van der Waals surface area contributed by atoms with Crippen molar-refractivity contribution in [3.8, 4) is 5.69 Å². The van der Waals surface area contributed by atoms with Gasteiger partial charge in [-0.05, 0) is 68.3 Å². The summed E-state index contributed by atoms with van der Waals surface area (Å²) in [6, 6.07) is 24.0. The number of para-hydroxylation sites is 1. The summed E-state index contributed by atoms with van der Waals surface area (Å²) in [4.78, 5) is 25.5. The molecular weight excluding hydrogens is 414 g/mol. The topological polar surface area (TPSA) is 88.9 Å². The van der Waals surface area contributed by atoms with Crippen LogP contribution in [0.25, 0.3) is 5.69 Å². The van der Waals surface area contributed by atoms with E-state index < -0.39 is 0 Å². The average Bonchev–Trinajstić information content (AvgIpc) is 3.58. The number of aromatic nitrogens is 3. The first kappa shape index (κ1) is 20.6. The zero-order valence-corrected chi connectivity index (χ0v) is 18.2. The highest BCUT2D eigenvalue weighted by molar-refractivity contribution is 6.06. The maximum Gasteiger partial charge on any atom is 0.278 e. The first-order valence-corrected chi connectivity index (χ1v) is 10.9. The van der Waals surface area contributed by atoms with Gasteiger partial charge in [0.05, 0.1) is 11.4 Å². The lowest BCUT2D eigenvalue weighted by molar-refractivity contribution is 0.101. The van der Waals surface area contributed by atoms with Crippen molar-refractivity contribution in [2.75, 3.05) is 10.6 Å². The fraction of sp³-hybridized carbons (Fsp3) is 0.154. The monoisotopic (exact) mass is 437 g/mol. The highest BCUT2D eigenvalue weighted by Crippen LogP contribution is 2.42. The molecule has 3 aromatic carbocycles. The molecule has 0 saturated heterocycles. The number of hydrogen-bond donors (Lipinski definition) is 2. The summed E-state index contributed by atoms with van der Waals surface area (Å²) in [5, 5.41) is 14.2. The van der Waals surface area contributed by atoms with E-state index in [0.29, 0.717) is 16.9 Å². The van der Waals surface area contributed by atoms with Gasteiger partial charge in [0.25, 0.3) is 11.8 Å². The highest BCUT2D eigenvalue weighted by Gasteiger charge is 2.34. The average molecular weight is 438 g/mol. The van der Waals surface area contributed by atoms with E-state index in [-0.39, 0.29) is 17.7 Å². The second-order valence-electron chi connectivity index (χ2n) is 8.20. The van der Waals surface area contributed by atoms with Gasteiger partial charge >= 0.3 is 0 Å². The second kappa shape index (κ2) is 8.70. The SMILES string of the molecule is Cc1ccc(-n2nnc(C(=O)Nc3ccc(C(=O)Nc4ccccc4)cc3)c2C2CC2)cc1. The van der Waals surface area contributed by atoms with E-state index in [9.17, 15) is 9.59 Å². The maximum atomic E-state index is 13.0. The molecule has 0 atom stereocenters. The van der Waals surface area contributed by atoms with Gasteiger partial charge < -0.3 is 10.6 Å². The number of benzene rings is 3. The third-order valence-electron chi connectivity index (χ3n) is 5.60. The smallest absolute Gasteiger partial charge is 0.278 e. The van der Waals surface area contributed by atoms with Gasteiger partial charge in [0, 0.05) is 22.9 Å². The Balaban J connectivity index is 1.32. The normalized spacial score (nSPS) is 12.9. The minimum atomic E-state index is -0.309. The summed E-state index contributed by atoms with van der Waals surface area (Å²) in [6.07, 6.45) is 2.04. The zero-order valence-electron chi connectivity index (χ0n) is 18.2. The molecule has 1 aliphatic rings. The number of amides is 2. The molecule has 1 aliphatic carbocycles. The molecule has 2 amide bonds. The molecule has 2 N–H and O–H groups in total. The Morgan fingerprint density at radius 1 is 0.818 bits per heavy atom. The van der Waals surface area contributed by atoms with Gasteiger partial charge in [0.1, 0.15) is 0 Å². The summed E-state index contributed by atoms with van der Waals surface area (Å²) in [7, 11) is 0. The number of anilines is 2. The van der Waals surface area contributed by atoms with E-state index in [0.717, 1.165) is 35.5 Å². The summed E-state index contributed by atoms with van der Waals surface area (Å²) in [5.41, 5.74) is 5.04. The van der Waals surface area contributed by atoms with Crippen molar-refractivity contribution < 1.29 is 9.59 Å². The van der Waals surface area contributed by atoms with Gasteiger partial charge in [-0.3, -0.25) is 9.59 Å². The Bertz CT molecular complexity index is 1290. The second-order valence-corrected chi connectivity index (χ2v) is 8.20. The lowest BCUT2D eigenvalue weighted by atomic mass is 10.1. The van der Waals surface area contributed by atoms with E-state index in [1.165, 1.54) is 0 Å². The van der Waals surface area contributed by atoms with Crippen LogP contribution >= 0.6 is 0 Å². The Labute approximate surface area is 191 Å². The van der Waals surface area contributed by atoms with Gasteiger partial charge in [-0.1, -0.05) is 41.1 Å². The van der Waals surface area contributed by atoms with E-state index in [2.05, 4.69) is 20.9 Å². The summed E-state index contributed by atoms with van der Waals surface area (Å²) in [5.74, 6) is -0.237. The van der Waals surface area contributed by atoms with Crippen LogP contribution in [0.3, 0.4) is 0 Å². The molecule has 1 aromatic heterocycles. The lowest BCUT2D eigenvalue weighted by Crippen LogP contribution is -2.16. The third kappa shape index (κ3) is 4.52. The van der Waals surface area contributed by atoms with Gasteiger partial charge in [0.2, 0.25) is 0 Å². The minimum absolute atomic E-state index is 0.212. The van der Waals surface area contributed by atoms with Crippen LogP contribution in [0.2, 0.25) is 0 Å². The molecule has 0 unspecified atom stereocenters. The fourth-order valence-electron chi connectivity index (χ4n) is 3.67. The Morgan fingerprint density at radius 2 is 1.45 bits per heavy atom. The molecule has 0 bridgehead atoms. The zero-order chi connectivity index (χ0) is 22.8.